The molecule has 0 radical (unpaired) electrons. The molecule has 0 amide bonds. The summed E-state index contributed by atoms with van der Waals surface area (Å²) in [6.07, 6.45) is 2.15. The van der Waals surface area contributed by atoms with Gasteiger partial charge < -0.3 is 15.4 Å². The topological polar surface area (TPSA) is 103 Å². The van der Waals surface area contributed by atoms with Crippen LogP contribution in [0.5, 0.6) is 0 Å². The lowest BCUT2D eigenvalue weighted by Crippen LogP contribution is -2.51. The average molecular weight is 526 g/mol. The zero-order chi connectivity index (χ0) is 27.1. The maximum atomic E-state index is 15.7. The quantitative estimate of drug-likeness (QED) is 0.316. The summed E-state index contributed by atoms with van der Waals surface area (Å²) < 4.78 is 46.4. The third-order valence-corrected chi connectivity index (χ3v) is 6.82. The predicted molar refractivity (Wildman–Crippen MR) is 136 cm³/mol. The zero-order valence-corrected chi connectivity index (χ0v) is 21.1. The smallest absolute Gasteiger partial charge is 0.442 e. The van der Waals surface area contributed by atoms with Crippen LogP contribution in [0.2, 0.25) is 0 Å². The number of halogens is 3. The van der Waals surface area contributed by atoms with E-state index in [1.807, 2.05) is 25.7 Å². The molecule has 0 saturated carbocycles. The molecule has 0 unspecified atom stereocenters. The highest BCUT2D eigenvalue weighted by molar-refractivity contribution is 5.88. The molecular weight excluding hydrogens is 499 g/mol. The molecule has 4 heterocycles. The minimum absolute atomic E-state index is 0.0271. The molecule has 0 aliphatic carbocycles. The summed E-state index contributed by atoms with van der Waals surface area (Å²) >= 11 is 0. The first kappa shape index (κ1) is 25.6. The number of pyridine rings is 1. The molecule has 1 aliphatic heterocycles. The number of rotatable bonds is 5. The highest BCUT2D eigenvalue weighted by Gasteiger charge is 2.33. The zero-order valence-electron chi connectivity index (χ0n) is 21.1. The number of aryl methyl sites for hydroxylation is 2. The van der Waals surface area contributed by atoms with Crippen LogP contribution in [0, 0.1) is 22.7 Å². The van der Waals surface area contributed by atoms with Crippen LogP contribution in [0.1, 0.15) is 32.2 Å². The lowest BCUT2D eigenvalue weighted by molar-refractivity contribution is -0.569. The summed E-state index contributed by atoms with van der Waals surface area (Å²) in [6, 6.07) is 3.88. The number of hydrogen-bond donors (Lipinski definition) is 1. The van der Waals surface area contributed by atoms with Crippen molar-refractivity contribution in [2.45, 2.75) is 39.7 Å². The molecule has 9 nitrogen and oxygen atoms in total. The summed E-state index contributed by atoms with van der Waals surface area (Å²) in [7, 11) is 0. The number of aromatic nitrogens is 5. The van der Waals surface area contributed by atoms with Gasteiger partial charge in [0.25, 0.3) is 0 Å². The second-order valence-corrected chi connectivity index (χ2v) is 9.09. The monoisotopic (exact) mass is 525 g/mol. The van der Waals surface area contributed by atoms with Crippen LogP contribution in [0.25, 0.3) is 28.0 Å². The number of piperazine rings is 1. The Morgan fingerprint density at radius 1 is 1.11 bits per heavy atom. The Balaban J connectivity index is 1.98. The Morgan fingerprint density at radius 3 is 2.37 bits per heavy atom. The van der Waals surface area contributed by atoms with Crippen LogP contribution in [0.3, 0.4) is 0 Å². The molecule has 1 saturated heterocycles. The van der Waals surface area contributed by atoms with E-state index in [0.29, 0.717) is 43.9 Å². The van der Waals surface area contributed by atoms with Gasteiger partial charge in [0.2, 0.25) is 0 Å². The van der Waals surface area contributed by atoms with Crippen molar-refractivity contribution in [2.24, 2.45) is 0 Å². The van der Waals surface area contributed by atoms with Gasteiger partial charge in [-0.25, -0.2) is 32.7 Å². The summed E-state index contributed by atoms with van der Waals surface area (Å²) in [5.74, 6) is -3.26. The molecule has 1 aromatic carbocycles. The fourth-order valence-corrected chi connectivity index (χ4v) is 4.99. The van der Waals surface area contributed by atoms with Crippen LogP contribution >= 0.6 is 0 Å². The van der Waals surface area contributed by atoms with Crippen LogP contribution in [-0.4, -0.2) is 45.2 Å². The van der Waals surface area contributed by atoms with Crippen molar-refractivity contribution in [3.63, 3.8) is 0 Å². The Bertz CT molecular complexity index is 1570. The van der Waals surface area contributed by atoms with Gasteiger partial charge >= 0.3 is 11.3 Å². The summed E-state index contributed by atoms with van der Waals surface area (Å²) in [6.45, 7) is 7.18. The standard InChI is InChI=1S/C26H26F3N7O2/c1-4-19-23(20(5-2)32-13-31-19)35-25-15(24(33-26(35)37)34-10-9-30-12-14(34)3)11-18(29)22(36(25)38)21-16(27)7-6-8-17(21)28/h6-8,11,13-14,30H,4-5,9-10,12H2,1-3H3/t14-/m0/s1. The second-order valence-electron chi connectivity index (χ2n) is 9.09. The summed E-state index contributed by atoms with van der Waals surface area (Å²) in [5, 5.41) is 17.3. The van der Waals surface area contributed by atoms with E-state index in [9.17, 15) is 18.8 Å². The molecule has 5 rings (SSSR count). The first-order chi connectivity index (χ1) is 18.3. The van der Waals surface area contributed by atoms with Gasteiger partial charge in [-0.2, -0.15) is 4.98 Å². The highest BCUT2D eigenvalue weighted by atomic mass is 19.1. The molecule has 3 aromatic heterocycles. The molecule has 0 bridgehead atoms. The van der Waals surface area contributed by atoms with Gasteiger partial charge in [-0.3, -0.25) is 0 Å². The lowest BCUT2D eigenvalue weighted by Gasteiger charge is -2.35. The number of hydrogen-bond acceptors (Lipinski definition) is 7. The van der Waals surface area contributed by atoms with Crippen LogP contribution in [0.4, 0.5) is 19.0 Å². The van der Waals surface area contributed by atoms with E-state index in [-0.39, 0.29) is 33.3 Å². The molecule has 38 heavy (non-hydrogen) atoms. The van der Waals surface area contributed by atoms with Crippen LogP contribution in [-0.2, 0) is 12.8 Å². The number of nitrogens with one attached hydrogen (secondary N) is 1. The summed E-state index contributed by atoms with van der Waals surface area (Å²) in [5.41, 5.74) is -1.65. The molecule has 12 heteroatoms. The molecule has 1 aliphatic rings. The van der Waals surface area contributed by atoms with E-state index in [1.165, 1.54) is 6.33 Å². The Hall–Kier alpha value is -4.06. The number of benzene rings is 1. The van der Waals surface area contributed by atoms with Gasteiger partial charge in [0.1, 0.15) is 23.3 Å². The van der Waals surface area contributed by atoms with Crippen molar-refractivity contribution < 1.29 is 17.9 Å². The van der Waals surface area contributed by atoms with Gasteiger partial charge in [-0.1, -0.05) is 19.9 Å². The van der Waals surface area contributed by atoms with Crippen molar-refractivity contribution in [1.82, 2.24) is 24.8 Å². The lowest BCUT2D eigenvalue weighted by atomic mass is 10.1. The molecule has 0 spiro atoms. The Labute approximate surface area is 216 Å². The molecule has 4 aromatic rings. The van der Waals surface area contributed by atoms with E-state index in [0.717, 1.165) is 28.8 Å². The first-order valence-corrected chi connectivity index (χ1v) is 12.4. The molecule has 1 N–H and O–H groups in total. The fourth-order valence-electron chi connectivity index (χ4n) is 4.99. The second kappa shape index (κ2) is 10.0. The van der Waals surface area contributed by atoms with Gasteiger partial charge in [0, 0.05) is 25.7 Å². The van der Waals surface area contributed by atoms with Crippen molar-refractivity contribution in [1.29, 1.82) is 0 Å². The fraction of sp³-hybridized carbons (Fsp3) is 0.346. The van der Waals surface area contributed by atoms with Crippen molar-refractivity contribution in [2.75, 3.05) is 24.5 Å². The number of nitrogens with zero attached hydrogens (tertiary/aromatic N) is 6. The first-order valence-electron chi connectivity index (χ1n) is 12.4. The van der Waals surface area contributed by atoms with E-state index < -0.39 is 34.4 Å². The number of anilines is 1. The van der Waals surface area contributed by atoms with Gasteiger partial charge in [0.05, 0.1) is 17.0 Å². The molecule has 198 valence electrons. The van der Waals surface area contributed by atoms with Gasteiger partial charge in [0.15, 0.2) is 23.0 Å². The SMILES string of the molecule is CCc1ncnc(CC)c1-n1c(=O)nc(N2CCNC[C@@H]2C)c2cc(F)c(-c3c(F)cccc3F)[n+]([O-])c21. The van der Waals surface area contributed by atoms with Crippen molar-refractivity contribution in [3.05, 3.63) is 75.1 Å². The molecule has 1 atom stereocenters. The maximum Gasteiger partial charge on any atom is 0.442 e. The molecular formula is C26H26F3N7O2. The largest absolute Gasteiger partial charge is 0.710 e. The number of fused-ring (bicyclic) bond motifs is 1. The molecule has 1 fully saturated rings. The summed E-state index contributed by atoms with van der Waals surface area (Å²) in [4.78, 5) is 28.4. The average Bonchev–Trinajstić information content (AvgIpc) is 2.90. The highest BCUT2D eigenvalue weighted by Crippen LogP contribution is 2.32. The van der Waals surface area contributed by atoms with Crippen molar-refractivity contribution >= 4 is 16.9 Å². The van der Waals surface area contributed by atoms with E-state index in [2.05, 4.69) is 20.3 Å². The van der Waals surface area contributed by atoms with Gasteiger partial charge in [-0.05, 0) is 38.0 Å². The third kappa shape index (κ3) is 4.05. The third-order valence-electron chi connectivity index (χ3n) is 6.82. The van der Waals surface area contributed by atoms with E-state index in [4.69, 9.17) is 0 Å². The van der Waals surface area contributed by atoms with Crippen LogP contribution < -0.4 is 20.6 Å². The minimum Gasteiger partial charge on any atom is -0.710 e. The van der Waals surface area contributed by atoms with E-state index in [1.54, 1.807) is 0 Å². The maximum absolute atomic E-state index is 15.7. The Morgan fingerprint density at radius 2 is 1.76 bits per heavy atom. The van der Waals surface area contributed by atoms with E-state index >= 15 is 4.39 Å². The van der Waals surface area contributed by atoms with Crippen molar-refractivity contribution in [3.8, 4) is 16.9 Å². The normalized spacial score (nSPS) is 15.8. The minimum atomic E-state index is -1.15. The predicted octanol–water partition coefficient (Wildman–Crippen LogP) is 2.82. The van der Waals surface area contributed by atoms with Crippen LogP contribution in [0.15, 0.2) is 35.4 Å². The Kier molecular flexibility index (Phi) is 6.74. The van der Waals surface area contributed by atoms with Gasteiger partial charge in [-0.15, -0.1) is 4.57 Å².